The first kappa shape index (κ1) is 18.5. The Bertz CT molecular complexity index is 466. The van der Waals surface area contributed by atoms with Crippen LogP contribution in [-0.2, 0) is 6.54 Å². The van der Waals surface area contributed by atoms with E-state index in [-0.39, 0.29) is 0 Å². The monoisotopic (exact) mass is 304 g/mol. The van der Waals surface area contributed by atoms with Gasteiger partial charge in [-0.1, -0.05) is 38.1 Å². The molecule has 1 aromatic rings. The van der Waals surface area contributed by atoms with Crippen molar-refractivity contribution in [2.45, 2.75) is 39.8 Å². The molecule has 22 heavy (non-hydrogen) atoms. The maximum atomic E-state index is 4.32. The van der Waals surface area contributed by atoms with Crippen LogP contribution in [0.1, 0.15) is 31.4 Å². The third kappa shape index (κ3) is 6.48. The molecule has 0 heterocycles. The standard InChI is InChI=1S/C18H32N4/c1-14(2)11-17(22(5)6)13-21-18(19-4)20-12-16-10-8-7-9-15(16)3/h7-10,14,17H,11-13H2,1-6H3,(H2,19,20,21). The molecular weight excluding hydrogens is 272 g/mol. The lowest BCUT2D eigenvalue weighted by atomic mass is 10.0. The van der Waals surface area contributed by atoms with E-state index < -0.39 is 0 Å². The lowest BCUT2D eigenvalue weighted by molar-refractivity contribution is 0.254. The second-order valence-electron chi connectivity index (χ2n) is 6.48. The largest absolute Gasteiger partial charge is 0.355 e. The van der Waals surface area contributed by atoms with Gasteiger partial charge in [0, 0.05) is 26.2 Å². The van der Waals surface area contributed by atoms with Crippen LogP contribution in [0.3, 0.4) is 0 Å². The SMILES string of the molecule is CN=C(NCc1ccccc1C)NCC(CC(C)C)N(C)C. The van der Waals surface area contributed by atoms with Gasteiger partial charge in [0.1, 0.15) is 0 Å². The summed E-state index contributed by atoms with van der Waals surface area (Å²) >= 11 is 0. The number of benzene rings is 1. The third-order valence-electron chi connectivity index (χ3n) is 3.91. The van der Waals surface area contributed by atoms with E-state index in [1.54, 1.807) is 0 Å². The van der Waals surface area contributed by atoms with Crippen LogP contribution in [0.25, 0.3) is 0 Å². The molecule has 0 amide bonds. The van der Waals surface area contributed by atoms with Gasteiger partial charge in [0.05, 0.1) is 0 Å². The Morgan fingerprint density at radius 2 is 1.86 bits per heavy atom. The molecule has 1 atom stereocenters. The van der Waals surface area contributed by atoms with Gasteiger partial charge < -0.3 is 15.5 Å². The molecule has 1 aromatic carbocycles. The molecule has 4 nitrogen and oxygen atoms in total. The molecule has 0 fully saturated rings. The number of likely N-dealkylation sites (N-methyl/N-ethyl adjacent to an activating group) is 1. The Hall–Kier alpha value is -1.55. The zero-order valence-electron chi connectivity index (χ0n) is 15.0. The maximum Gasteiger partial charge on any atom is 0.191 e. The quantitative estimate of drug-likeness (QED) is 0.601. The summed E-state index contributed by atoms with van der Waals surface area (Å²) in [6, 6.07) is 8.94. The van der Waals surface area contributed by atoms with Crippen molar-refractivity contribution in [1.82, 2.24) is 15.5 Å². The van der Waals surface area contributed by atoms with E-state index in [0.29, 0.717) is 12.0 Å². The van der Waals surface area contributed by atoms with Crippen molar-refractivity contribution in [1.29, 1.82) is 0 Å². The number of guanidine groups is 1. The molecule has 0 aliphatic rings. The first-order valence-corrected chi connectivity index (χ1v) is 8.09. The van der Waals surface area contributed by atoms with Gasteiger partial charge in [0.2, 0.25) is 0 Å². The Balaban J connectivity index is 2.50. The summed E-state index contributed by atoms with van der Waals surface area (Å²) in [5.74, 6) is 1.55. The van der Waals surface area contributed by atoms with Crippen molar-refractivity contribution in [3.8, 4) is 0 Å². The fraction of sp³-hybridized carbons (Fsp3) is 0.611. The number of nitrogens with one attached hydrogen (secondary N) is 2. The van der Waals surface area contributed by atoms with E-state index in [9.17, 15) is 0 Å². The predicted molar refractivity (Wildman–Crippen MR) is 96.3 cm³/mol. The van der Waals surface area contributed by atoms with E-state index in [0.717, 1.165) is 19.0 Å². The molecule has 0 aliphatic carbocycles. The van der Waals surface area contributed by atoms with Crippen LogP contribution in [-0.4, -0.2) is 44.6 Å². The lowest BCUT2D eigenvalue weighted by Gasteiger charge is -2.27. The summed E-state index contributed by atoms with van der Waals surface area (Å²) in [5.41, 5.74) is 2.60. The van der Waals surface area contributed by atoms with Crippen molar-refractivity contribution in [3.05, 3.63) is 35.4 Å². The van der Waals surface area contributed by atoms with Crippen LogP contribution >= 0.6 is 0 Å². The highest BCUT2D eigenvalue weighted by Crippen LogP contribution is 2.08. The van der Waals surface area contributed by atoms with Gasteiger partial charge >= 0.3 is 0 Å². The van der Waals surface area contributed by atoms with E-state index in [1.165, 1.54) is 17.5 Å². The highest BCUT2D eigenvalue weighted by atomic mass is 15.2. The highest BCUT2D eigenvalue weighted by molar-refractivity contribution is 5.79. The number of aliphatic imine (C=N–C) groups is 1. The van der Waals surface area contributed by atoms with Gasteiger partial charge in [-0.2, -0.15) is 0 Å². The van der Waals surface area contributed by atoms with Crippen molar-refractivity contribution >= 4 is 5.96 Å². The van der Waals surface area contributed by atoms with Gasteiger partial charge in [-0.15, -0.1) is 0 Å². The van der Waals surface area contributed by atoms with Crippen LogP contribution < -0.4 is 10.6 Å². The molecule has 0 spiro atoms. The summed E-state index contributed by atoms with van der Waals surface area (Å²) in [6.45, 7) is 8.36. The summed E-state index contributed by atoms with van der Waals surface area (Å²) in [4.78, 5) is 6.60. The van der Waals surface area contributed by atoms with E-state index in [2.05, 4.69) is 79.7 Å². The first-order valence-electron chi connectivity index (χ1n) is 8.09. The molecule has 124 valence electrons. The minimum Gasteiger partial charge on any atom is -0.355 e. The molecule has 4 heteroatoms. The van der Waals surface area contributed by atoms with Crippen molar-refractivity contribution < 1.29 is 0 Å². The third-order valence-corrected chi connectivity index (χ3v) is 3.91. The zero-order valence-corrected chi connectivity index (χ0v) is 15.0. The molecule has 1 rings (SSSR count). The van der Waals surface area contributed by atoms with Gasteiger partial charge in [0.25, 0.3) is 0 Å². The van der Waals surface area contributed by atoms with Crippen LogP contribution in [0.4, 0.5) is 0 Å². The predicted octanol–water partition coefficient (Wildman–Crippen LogP) is 2.64. The van der Waals surface area contributed by atoms with Gasteiger partial charge in [-0.05, 0) is 44.5 Å². The van der Waals surface area contributed by atoms with Gasteiger partial charge in [-0.25, -0.2) is 0 Å². The minimum atomic E-state index is 0.511. The first-order chi connectivity index (χ1) is 10.4. The molecule has 0 saturated carbocycles. The topological polar surface area (TPSA) is 39.7 Å². The zero-order chi connectivity index (χ0) is 16.5. The van der Waals surface area contributed by atoms with Crippen molar-refractivity contribution in [3.63, 3.8) is 0 Å². The number of aryl methyl sites for hydroxylation is 1. The fourth-order valence-corrected chi connectivity index (χ4v) is 2.44. The van der Waals surface area contributed by atoms with E-state index in [1.807, 2.05) is 7.05 Å². The molecule has 2 N–H and O–H groups in total. The van der Waals surface area contributed by atoms with Gasteiger partial charge in [-0.3, -0.25) is 4.99 Å². The number of rotatable bonds is 7. The molecule has 0 bridgehead atoms. The maximum absolute atomic E-state index is 4.32. The van der Waals surface area contributed by atoms with E-state index >= 15 is 0 Å². The minimum absolute atomic E-state index is 0.511. The number of hydrogen-bond acceptors (Lipinski definition) is 2. The molecular formula is C18H32N4. The Kier molecular flexibility index (Phi) is 7.96. The highest BCUT2D eigenvalue weighted by Gasteiger charge is 2.13. The average Bonchev–Trinajstić information content (AvgIpc) is 2.47. The second-order valence-corrected chi connectivity index (χ2v) is 6.48. The number of hydrogen-bond donors (Lipinski definition) is 2. The average molecular weight is 304 g/mol. The molecule has 0 radical (unpaired) electrons. The van der Waals surface area contributed by atoms with Crippen LogP contribution in [0.2, 0.25) is 0 Å². The lowest BCUT2D eigenvalue weighted by Crippen LogP contribution is -2.45. The van der Waals surface area contributed by atoms with E-state index in [4.69, 9.17) is 0 Å². The van der Waals surface area contributed by atoms with Crippen LogP contribution in [0, 0.1) is 12.8 Å². The smallest absolute Gasteiger partial charge is 0.191 e. The van der Waals surface area contributed by atoms with Crippen LogP contribution in [0.5, 0.6) is 0 Å². The summed E-state index contributed by atoms with van der Waals surface area (Å²) in [6.07, 6.45) is 1.18. The van der Waals surface area contributed by atoms with Crippen molar-refractivity contribution in [2.75, 3.05) is 27.7 Å². The molecule has 0 aliphatic heterocycles. The summed E-state index contributed by atoms with van der Waals surface area (Å²) in [5, 5.41) is 6.84. The molecule has 0 aromatic heterocycles. The van der Waals surface area contributed by atoms with Gasteiger partial charge in [0.15, 0.2) is 5.96 Å². The normalized spacial score (nSPS) is 13.5. The summed E-state index contributed by atoms with van der Waals surface area (Å²) < 4.78 is 0. The Morgan fingerprint density at radius 3 is 2.41 bits per heavy atom. The van der Waals surface area contributed by atoms with Crippen molar-refractivity contribution in [2.24, 2.45) is 10.9 Å². The Morgan fingerprint density at radius 1 is 1.18 bits per heavy atom. The van der Waals surface area contributed by atoms with Crippen LogP contribution in [0.15, 0.2) is 29.3 Å². The fourth-order valence-electron chi connectivity index (χ4n) is 2.44. The second kappa shape index (κ2) is 9.46. The summed E-state index contributed by atoms with van der Waals surface area (Å²) in [7, 11) is 6.09. The molecule has 1 unspecified atom stereocenters. The number of nitrogens with zero attached hydrogens (tertiary/aromatic N) is 2. The molecule has 0 saturated heterocycles. The Labute approximate surface area is 136 Å².